The molecule has 30 heavy (non-hydrogen) atoms. The van der Waals surface area contributed by atoms with Crippen molar-refractivity contribution in [2.24, 2.45) is 0 Å². The number of nitrogens with one attached hydrogen (secondary N) is 3. The molecule has 3 N–H and O–H groups in total. The molecule has 0 aliphatic carbocycles. The van der Waals surface area contributed by atoms with Gasteiger partial charge in [0.2, 0.25) is 11.8 Å². The number of piperidine rings is 1. The topological polar surface area (TPSA) is 90.5 Å². The zero-order valence-corrected chi connectivity index (χ0v) is 16.7. The minimum atomic E-state index is -0.571. The first-order valence-corrected chi connectivity index (χ1v) is 10.4. The molecule has 0 aromatic heterocycles. The van der Waals surface area contributed by atoms with E-state index < -0.39 is 6.04 Å². The van der Waals surface area contributed by atoms with Crippen LogP contribution in [0.5, 0.6) is 0 Å². The summed E-state index contributed by atoms with van der Waals surface area (Å²) in [5.41, 5.74) is 6.70. The van der Waals surface area contributed by atoms with Gasteiger partial charge in [-0.25, -0.2) is 0 Å². The van der Waals surface area contributed by atoms with Crippen molar-refractivity contribution < 1.29 is 14.4 Å². The molecule has 5 rings (SSSR count). The monoisotopic (exact) mass is 404 g/mol. The second kappa shape index (κ2) is 7.66. The molecule has 2 aromatic rings. The lowest BCUT2D eigenvalue weighted by molar-refractivity contribution is -0.136. The van der Waals surface area contributed by atoms with Gasteiger partial charge in [-0.05, 0) is 40.3 Å². The van der Waals surface area contributed by atoms with Gasteiger partial charge in [0.1, 0.15) is 6.04 Å². The Morgan fingerprint density at radius 3 is 2.47 bits per heavy atom. The van der Waals surface area contributed by atoms with E-state index in [2.05, 4.69) is 34.1 Å². The van der Waals surface area contributed by atoms with Crippen molar-refractivity contribution in [1.29, 1.82) is 0 Å². The zero-order valence-electron chi connectivity index (χ0n) is 16.7. The Bertz CT molecular complexity index is 1050. The fourth-order valence-electron chi connectivity index (χ4n) is 4.55. The lowest BCUT2D eigenvalue weighted by atomic mass is 10.0. The fourth-order valence-corrected chi connectivity index (χ4v) is 4.55. The lowest BCUT2D eigenvalue weighted by Gasteiger charge is -2.29. The van der Waals surface area contributed by atoms with Crippen LogP contribution in [0.25, 0.3) is 0 Å². The van der Waals surface area contributed by atoms with Crippen LogP contribution in [0.1, 0.15) is 51.0 Å². The Kier molecular flexibility index (Phi) is 4.84. The Morgan fingerprint density at radius 2 is 1.67 bits per heavy atom. The van der Waals surface area contributed by atoms with E-state index in [1.807, 2.05) is 18.2 Å². The summed E-state index contributed by atoms with van der Waals surface area (Å²) in [7, 11) is 0. The highest BCUT2D eigenvalue weighted by Gasteiger charge is 2.38. The number of hydrogen-bond acceptors (Lipinski definition) is 5. The maximum Gasteiger partial charge on any atom is 0.255 e. The maximum absolute atomic E-state index is 12.8. The van der Waals surface area contributed by atoms with Gasteiger partial charge in [0.15, 0.2) is 0 Å². The van der Waals surface area contributed by atoms with Crippen molar-refractivity contribution in [3.63, 3.8) is 0 Å². The SMILES string of the molecule is O=C1CCC(N2Cc3cc(CNCc4ccc5c(c4)CNC5)ccc3C2=O)C(=O)N1. The molecule has 1 atom stereocenters. The second-order valence-electron chi connectivity index (χ2n) is 8.20. The fraction of sp³-hybridized carbons (Fsp3) is 0.348. The number of carbonyl (C=O) groups is 3. The van der Waals surface area contributed by atoms with Crippen LogP contribution in [0, 0.1) is 0 Å². The Labute approximate surface area is 174 Å². The minimum absolute atomic E-state index is 0.134. The van der Waals surface area contributed by atoms with Crippen molar-refractivity contribution in [2.75, 3.05) is 0 Å². The molecule has 3 aliphatic heterocycles. The van der Waals surface area contributed by atoms with E-state index in [0.29, 0.717) is 25.1 Å². The van der Waals surface area contributed by atoms with Crippen LogP contribution in [0.2, 0.25) is 0 Å². The molecule has 3 amide bonds. The summed E-state index contributed by atoms with van der Waals surface area (Å²) in [6, 6.07) is 11.9. The van der Waals surface area contributed by atoms with Crippen molar-refractivity contribution in [3.8, 4) is 0 Å². The van der Waals surface area contributed by atoms with Gasteiger partial charge in [0.25, 0.3) is 5.91 Å². The van der Waals surface area contributed by atoms with Gasteiger partial charge < -0.3 is 15.5 Å². The minimum Gasteiger partial charge on any atom is -0.322 e. The van der Waals surface area contributed by atoms with E-state index in [9.17, 15) is 14.4 Å². The summed E-state index contributed by atoms with van der Waals surface area (Å²) in [5.74, 6) is -0.780. The number of imide groups is 1. The first-order valence-electron chi connectivity index (χ1n) is 10.4. The molecular formula is C23H24N4O3. The summed E-state index contributed by atoms with van der Waals surface area (Å²) in [6.45, 7) is 3.78. The molecule has 154 valence electrons. The predicted molar refractivity (Wildman–Crippen MR) is 110 cm³/mol. The molecule has 0 spiro atoms. The third-order valence-electron chi connectivity index (χ3n) is 6.15. The Morgan fingerprint density at radius 1 is 0.933 bits per heavy atom. The number of amides is 3. The lowest BCUT2D eigenvalue weighted by Crippen LogP contribution is -2.52. The highest BCUT2D eigenvalue weighted by atomic mass is 16.2. The van der Waals surface area contributed by atoms with Gasteiger partial charge in [-0.1, -0.05) is 30.3 Å². The molecule has 7 heteroatoms. The number of hydrogen-bond donors (Lipinski definition) is 3. The van der Waals surface area contributed by atoms with Gasteiger partial charge in [-0.15, -0.1) is 0 Å². The third kappa shape index (κ3) is 3.51. The first kappa shape index (κ1) is 19.0. The highest BCUT2D eigenvalue weighted by molar-refractivity contribution is 6.05. The average molecular weight is 404 g/mol. The van der Waals surface area contributed by atoms with E-state index >= 15 is 0 Å². The van der Waals surface area contributed by atoms with Gasteiger partial charge in [0, 0.05) is 44.7 Å². The standard InChI is InChI=1S/C23H24N4O3/c28-21-6-5-20(22(29)26-21)27-13-18-8-15(2-4-19(18)23(27)30)10-24-9-14-1-3-16-11-25-12-17(16)7-14/h1-4,7-8,20,24-25H,5-6,9-13H2,(H,26,28,29). The van der Waals surface area contributed by atoms with E-state index in [1.54, 1.807) is 4.90 Å². The van der Waals surface area contributed by atoms with Crippen molar-refractivity contribution in [2.45, 2.75) is 51.6 Å². The van der Waals surface area contributed by atoms with Gasteiger partial charge in [-0.2, -0.15) is 0 Å². The smallest absolute Gasteiger partial charge is 0.255 e. The van der Waals surface area contributed by atoms with Crippen LogP contribution in [0.4, 0.5) is 0 Å². The molecule has 0 bridgehead atoms. The van der Waals surface area contributed by atoms with Crippen LogP contribution in [0.3, 0.4) is 0 Å². The molecule has 1 fully saturated rings. The molecule has 1 saturated heterocycles. The summed E-state index contributed by atoms with van der Waals surface area (Å²) in [5, 5.41) is 9.18. The summed E-state index contributed by atoms with van der Waals surface area (Å²) >= 11 is 0. The van der Waals surface area contributed by atoms with Crippen LogP contribution in [-0.2, 0) is 42.3 Å². The zero-order chi connectivity index (χ0) is 20.7. The van der Waals surface area contributed by atoms with Crippen molar-refractivity contribution >= 4 is 17.7 Å². The summed E-state index contributed by atoms with van der Waals surface area (Å²) < 4.78 is 0. The van der Waals surface area contributed by atoms with E-state index in [1.165, 1.54) is 16.7 Å². The third-order valence-corrected chi connectivity index (χ3v) is 6.15. The number of carbonyl (C=O) groups excluding carboxylic acids is 3. The average Bonchev–Trinajstić information content (AvgIpc) is 3.32. The first-order chi connectivity index (χ1) is 14.6. The van der Waals surface area contributed by atoms with Crippen LogP contribution >= 0.6 is 0 Å². The van der Waals surface area contributed by atoms with Crippen LogP contribution < -0.4 is 16.0 Å². The maximum atomic E-state index is 12.8. The molecule has 0 radical (unpaired) electrons. The van der Waals surface area contributed by atoms with E-state index in [0.717, 1.165) is 30.8 Å². The van der Waals surface area contributed by atoms with Gasteiger partial charge in [-0.3, -0.25) is 19.7 Å². The normalized spacial score (nSPS) is 20.3. The molecule has 1 unspecified atom stereocenters. The number of benzene rings is 2. The van der Waals surface area contributed by atoms with E-state index in [-0.39, 0.29) is 24.1 Å². The largest absolute Gasteiger partial charge is 0.322 e. The Hall–Kier alpha value is -3.03. The highest BCUT2D eigenvalue weighted by Crippen LogP contribution is 2.28. The van der Waals surface area contributed by atoms with Crippen LogP contribution in [0.15, 0.2) is 36.4 Å². The molecule has 0 saturated carbocycles. The van der Waals surface area contributed by atoms with E-state index in [4.69, 9.17) is 0 Å². The number of nitrogens with zero attached hydrogens (tertiary/aromatic N) is 1. The molecular weight excluding hydrogens is 380 g/mol. The van der Waals surface area contributed by atoms with Crippen molar-refractivity contribution in [3.05, 3.63) is 69.8 Å². The molecule has 3 aliphatic rings. The number of fused-ring (bicyclic) bond motifs is 2. The Balaban J connectivity index is 1.22. The quantitative estimate of drug-likeness (QED) is 0.655. The predicted octanol–water partition coefficient (Wildman–Crippen LogP) is 1.34. The summed E-state index contributed by atoms with van der Waals surface area (Å²) in [6.07, 6.45) is 0.652. The van der Waals surface area contributed by atoms with Crippen molar-refractivity contribution in [1.82, 2.24) is 20.9 Å². The second-order valence-corrected chi connectivity index (χ2v) is 8.20. The number of rotatable bonds is 5. The molecule has 3 heterocycles. The summed E-state index contributed by atoms with van der Waals surface area (Å²) in [4.78, 5) is 37.9. The molecule has 7 nitrogen and oxygen atoms in total. The van der Waals surface area contributed by atoms with Gasteiger partial charge in [0.05, 0.1) is 0 Å². The molecule has 2 aromatic carbocycles. The van der Waals surface area contributed by atoms with Gasteiger partial charge >= 0.3 is 0 Å². The van der Waals surface area contributed by atoms with Crippen LogP contribution in [-0.4, -0.2) is 28.7 Å².